The molecule has 2 aliphatic rings. The zero-order valence-corrected chi connectivity index (χ0v) is 15.0. The average molecular weight is 402 g/mol. The van der Waals surface area contributed by atoms with Gasteiger partial charge in [-0.15, -0.1) is 4.28 Å². The maximum atomic E-state index is 12.5. The van der Waals surface area contributed by atoms with Crippen molar-refractivity contribution in [3.63, 3.8) is 0 Å². The number of carbonyl (C=O) groups is 2. The molecule has 2 bridgehead atoms. The Morgan fingerprint density at radius 3 is 2.81 bits per heavy atom. The van der Waals surface area contributed by atoms with E-state index < -0.39 is 34.5 Å². The summed E-state index contributed by atoms with van der Waals surface area (Å²) >= 11 is 0. The zero-order valence-electron chi connectivity index (χ0n) is 14.1. The molecule has 1 aromatic rings. The predicted octanol–water partition coefficient (Wildman–Crippen LogP) is -1.70. The van der Waals surface area contributed by atoms with Crippen molar-refractivity contribution in [2.24, 2.45) is 16.5 Å². The van der Waals surface area contributed by atoms with Gasteiger partial charge in [-0.25, -0.2) is 9.59 Å². The molecule has 0 radical (unpaired) electrons. The molecule has 0 aliphatic carbocycles. The van der Waals surface area contributed by atoms with Crippen LogP contribution < -0.4 is 16.8 Å². The van der Waals surface area contributed by atoms with Crippen molar-refractivity contribution in [1.82, 2.24) is 25.1 Å². The Balaban J connectivity index is 2.04. The third-order valence-electron chi connectivity index (χ3n) is 4.07. The van der Waals surface area contributed by atoms with Gasteiger partial charge in [0.2, 0.25) is 0 Å². The van der Waals surface area contributed by atoms with Gasteiger partial charge in [0.15, 0.2) is 5.96 Å². The number of hydrogen-bond donors (Lipinski definition) is 4. The predicted molar refractivity (Wildman–Crippen MR) is 89.4 cm³/mol. The monoisotopic (exact) mass is 402 g/mol. The Labute approximate surface area is 153 Å². The van der Waals surface area contributed by atoms with E-state index in [9.17, 15) is 18.0 Å². The van der Waals surface area contributed by atoms with Gasteiger partial charge >= 0.3 is 22.5 Å². The summed E-state index contributed by atoms with van der Waals surface area (Å²) in [7, 11) is -4.94. The first kappa shape index (κ1) is 18.9. The Kier molecular flexibility index (Phi) is 4.66. The lowest BCUT2D eigenvalue weighted by atomic mass is 9.98. The van der Waals surface area contributed by atoms with E-state index in [4.69, 9.17) is 16.0 Å². The fourth-order valence-corrected chi connectivity index (χ4v) is 3.42. The van der Waals surface area contributed by atoms with Gasteiger partial charge in [0.25, 0.3) is 0 Å². The summed E-state index contributed by atoms with van der Waals surface area (Å²) in [6.45, 7) is 2.08. The second-order valence-corrected chi connectivity index (χ2v) is 6.81. The molecule has 1 fully saturated rings. The molecular formula is C12H18N8O6S. The first-order chi connectivity index (χ1) is 12.6. The minimum absolute atomic E-state index is 0.0348. The molecule has 3 rings (SSSR count). The molecule has 27 heavy (non-hydrogen) atoms. The lowest BCUT2D eigenvalue weighted by Crippen LogP contribution is -2.37. The molecule has 15 heteroatoms. The number of hydroxylamine groups is 2. The van der Waals surface area contributed by atoms with Crippen LogP contribution in [0.4, 0.5) is 9.59 Å². The van der Waals surface area contributed by atoms with Crippen molar-refractivity contribution in [2.45, 2.75) is 19.0 Å². The number of aromatic nitrogens is 2. The Bertz CT molecular complexity index is 907. The molecule has 1 aromatic heterocycles. The van der Waals surface area contributed by atoms with E-state index in [-0.39, 0.29) is 19.0 Å². The summed E-state index contributed by atoms with van der Waals surface area (Å²) in [5.41, 5.74) is 11.4. The van der Waals surface area contributed by atoms with Gasteiger partial charge in [-0.2, -0.15) is 23.3 Å². The van der Waals surface area contributed by atoms with Crippen LogP contribution in [0.2, 0.25) is 0 Å². The van der Waals surface area contributed by atoms with E-state index in [2.05, 4.69) is 19.7 Å². The van der Waals surface area contributed by atoms with Crippen LogP contribution in [-0.4, -0.2) is 70.4 Å². The number of hydrogen-bond acceptors (Lipinski definition) is 7. The first-order valence-electron chi connectivity index (χ1n) is 7.82. The summed E-state index contributed by atoms with van der Waals surface area (Å²) in [6.07, 6.45) is 1.36. The third kappa shape index (κ3) is 3.51. The third-order valence-corrected chi connectivity index (χ3v) is 4.42. The number of nitrogens with zero attached hydrogens (tertiary/aromatic N) is 5. The van der Waals surface area contributed by atoms with Crippen molar-refractivity contribution in [1.29, 1.82) is 0 Å². The normalized spacial score (nSPS) is 21.2. The SMILES string of the molecule is CCNC(=O)n1cc2c(n1)[C@@H](CN=C(N)N)N1C[C@H]2N(OS(=O)(=O)O)C1=O. The Morgan fingerprint density at radius 2 is 2.22 bits per heavy atom. The quantitative estimate of drug-likeness (QED) is 0.252. The highest BCUT2D eigenvalue weighted by Gasteiger charge is 2.51. The van der Waals surface area contributed by atoms with Gasteiger partial charge in [0, 0.05) is 18.3 Å². The maximum absolute atomic E-state index is 12.5. The van der Waals surface area contributed by atoms with Gasteiger partial charge in [0.05, 0.1) is 24.8 Å². The molecule has 2 atom stereocenters. The fraction of sp³-hybridized carbons (Fsp3) is 0.500. The minimum atomic E-state index is -4.94. The van der Waals surface area contributed by atoms with Gasteiger partial charge in [-0.05, 0) is 6.92 Å². The van der Waals surface area contributed by atoms with Crippen molar-refractivity contribution >= 4 is 28.4 Å². The number of nitrogens with one attached hydrogen (secondary N) is 1. The molecule has 14 nitrogen and oxygen atoms in total. The van der Waals surface area contributed by atoms with Crippen LogP contribution in [0.3, 0.4) is 0 Å². The molecule has 0 aromatic carbocycles. The number of amides is 3. The fourth-order valence-electron chi connectivity index (χ4n) is 3.05. The molecule has 3 amide bonds. The zero-order chi connectivity index (χ0) is 19.9. The number of aliphatic imine (C=N–C) groups is 1. The van der Waals surface area contributed by atoms with Crippen LogP contribution in [0, 0.1) is 0 Å². The maximum Gasteiger partial charge on any atom is 0.418 e. The van der Waals surface area contributed by atoms with Gasteiger partial charge in [0.1, 0.15) is 6.04 Å². The summed E-state index contributed by atoms with van der Waals surface area (Å²) in [5, 5.41) is 7.29. The average Bonchev–Trinajstić information content (AvgIpc) is 3.11. The van der Waals surface area contributed by atoms with Crippen LogP contribution in [0.5, 0.6) is 0 Å². The summed E-state index contributed by atoms with van der Waals surface area (Å²) in [6, 6.07) is -2.97. The van der Waals surface area contributed by atoms with E-state index in [1.54, 1.807) is 6.92 Å². The molecule has 2 aliphatic heterocycles. The topological polar surface area (TPSA) is 198 Å². The molecule has 6 N–H and O–H groups in total. The number of carbonyl (C=O) groups excluding carboxylic acids is 2. The highest BCUT2D eigenvalue weighted by Crippen LogP contribution is 2.43. The second kappa shape index (κ2) is 6.67. The highest BCUT2D eigenvalue weighted by atomic mass is 32.3. The molecule has 0 saturated carbocycles. The van der Waals surface area contributed by atoms with Crippen molar-refractivity contribution in [3.05, 3.63) is 17.5 Å². The van der Waals surface area contributed by atoms with Gasteiger partial charge in [-0.3, -0.25) is 9.55 Å². The summed E-state index contributed by atoms with van der Waals surface area (Å²) in [5.74, 6) is -0.209. The number of guanidine groups is 1. The second-order valence-electron chi connectivity index (χ2n) is 5.81. The van der Waals surface area contributed by atoms with E-state index >= 15 is 0 Å². The van der Waals surface area contributed by atoms with Crippen LogP contribution in [0.15, 0.2) is 11.2 Å². The van der Waals surface area contributed by atoms with E-state index in [1.165, 1.54) is 11.1 Å². The number of rotatable bonds is 5. The van der Waals surface area contributed by atoms with Crippen molar-refractivity contribution < 1.29 is 26.8 Å². The smallest absolute Gasteiger partial charge is 0.370 e. The molecule has 0 unspecified atom stereocenters. The van der Waals surface area contributed by atoms with Crippen LogP contribution in [0.25, 0.3) is 0 Å². The largest absolute Gasteiger partial charge is 0.418 e. The lowest BCUT2D eigenvalue weighted by Gasteiger charge is -2.28. The Hall–Kier alpha value is -2.91. The van der Waals surface area contributed by atoms with Crippen molar-refractivity contribution in [2.75, 3.05) is 19.6 Å². The van der Waals surface area contributed by atoms with Crippen molar-refractivity contribution in [3.8, 4) is 0 Å². The van der Waals surface area contributed by atoms with Crippen LogP contribution >= 0.6 is 0 Å². The molecule has 1 saturated heterocycles. The molecule has 148 valence electrons. The number of nitrogens with two attached hydrogens (primary N) is 2. The molecule has 0 spiro atoms. The van der Waals surface area contributed by atoms with Crippen LogP contribution in [0.1, 0.15) is 30.3 Å². The lowest BCUT2D eigenvalue weighted by molar-refractivity contribution is -0.0317. The molecule has 3 heterocycles. The van der Waals surface area contributed by atoms with E-state index in [0.29, 0.717) is 22.9 Å². The highest BCUT2D eigenvalue weighted by molar-refractivity contribution is 7.80. The van der Waals surface area contributed by atoms with E-state index in [0.717, 1.165) is 4.68 Å². The van der Waals surface area contributed by atoms with Gasteiger partial charge < -0.3 is 21.7 Å². The summed E-state index contributed by atoms with van der Waals surface area (Å²) in [4.78, 5) is 29.8. The standard InChI is InChI=1S/C12H18N8O6S/c1-2-15-11(21)19-4-6-8-5-18(12(22)20(8)26-27(23,24)25)7(9(6)17-19)3-16-10(13)14/h4,7-8H,2-3,5H2,1H3,(H,15,21)(H4,13,14,16)(H,23,24,25)/t7-,8-/m1/s1. The summed E-state index contributed by atoms with van der Waals surface area (Å²) < 4.78 is 36.6. The van der Waals surface area contributed by atoms with Crippen LogP contribution in [-0.2, 0) is 14.7 Å². The van der Waals surface area contributed by atoms with E-state index in [1.807, 2.05) is 0 Å². The first-order valence-corrected chi connectivity index (χ1v) is 9.18. The number of fused-ring (bicyclic) bond motifs is 4. The Morgan fingerprint density at radius 1 is 1.52 bits per heavy atom. The molecular weight excluding hydrogens is 384 g/mol. The van der Waals surface area contributed by atoms with Gasteiger partial charge in [-0.1, -0.05) is 0 Å². The number of urea groups is 1. The minimum Gasteiger partial charge on any atom is -0.370 e.